The Bertz CT molecular complexity index is 1260. The topological polar surface area (TPSA) is 115 Å². The minimum atomic E-state index is -0.540. The highest BCUT2D eigenvalue weighted by molar-refractivity contribution is 8.26. The second-order valence-corrected chi connectivity index (χ2v) is 8.28. The molecule has 0 aliphatic carbocycles. The number of ether oxygens (including phenoxy) is 1. The van der Waals surface area contributed by atoms with E-state index in [9.17, 15) is 19.7 Å². The fourth-order valence-corrected chi connectivity index (χ4v) is 3.94. The number of nitro groups is 1. The lowest BCUT2D eigenvalue weighted by atomic mass is 10.2. The number of carbonyl (C=O) groups is 2. The third-order valence-electron chi connectivity index (χ3n) is 4.37. The summed E-state index contributed by atoms with van der Waals surface area (Å²) in [7, 11) is 0. The molecule has 2 heterocycles. The maximum absolute atomic E-state index is 12.7. The lowest BCUT2D eigenvalue weighted by Crippen LogP contribution is -2.44. The number of carbonyl (C=O) groups excluding carboxylic acids is 2. The molecule has 1 aliphatic rings. The Balaban J connectivity index is 1.42. The number of nitrogens with zero attached hydrogens (tertiary/aromatic N) is 3. The minimum absolute atomic E-state index is 0.130. The highest BCUT2D eigenvalue weighted by Crippen LogP contribution is 2.32. The predicted octanol–water partition coefficient (Wildman–Crippen LogP) is 4.33. The number of thioether (sulfide) groups is 1. The second kappa shape index (κ2) is 9.59. The number of hydrogen-bond donors (Lipinski definition) is 1. The van der Waals surface area contributed by atoms with Crippen LogP contribution in [0, 0.1) is 10.1 Å². The first-order chi connectivity index (χ1) is 15.9. The maximum atomic E-state index is 12.7. The highest BCUT2D eigenvalue weighted by atomic mass is 32.2. The van der Waals surface area contributed by atoms with Crippen molar-refractivity contribution >= 4 is 51.9 Å². The van der Waals surface area contributed by atoms with Gasteiger partial charge in [-0.15, -0.1) is 0 Å². The van der Waals surface area contributed by atoms with E-state index in [0.29, 0.717) is 21.8 Å². The van der Waals surface area contributed by atoms with Crippen LogP contribution in [0.2, 0.25) is 0 Å². The van der Waals surface area contributed by atoms with Crippen LogP contribution >= 0.6 is 24.0 Å². The molecule has 1 saturated heterocycles. The monoisotopic (exact) mass is 478 g/mol. The molecule has 0 saturated carbocycles. The molecule has 33 heavy (non-hydrogen) atoms. The molecule has 11 heteroatoms. The van der Waals surface area contributed by atoms with Gasteiger partial charge in [0, 0.05) is 17.7 Å². The van der Waals surface area contributed by atoms with Crippen molar-refractivity contribution < 1.29 is 19.2 Å². The van der Waals surface area contributed by atoms with Gasteiger partial charge in [-0.25, -0.2) is 4.98 Å². The van der Waals surface area contributed by atoms with E-state index >= 15 is 0 Å². The van der Waals surface area contributed by atoms with E-state index in [2.05, 4.69) is 10.4 Å². The van der Waals surface area contributed by atoms with Gasteiger partial charge in [-0.1, -0.05) is 42.1 Å². The van der Waals surface area contributed by atoms with Crippen LogP contribution in [0.1, 0.15) is 15.9 Å². The van der Waals surface area contributed by atoms with Gasteiger partial charge in [-0.3, -0.25) is 25.1 Å². The smallest absolute Gasteiger partial charge is 0.287 e. The molecule has 0 bridgehead atoms. The summed E-state index contributed by atoms with van der Waals surface area (Å²) in [4.78, 5) is 39.5. The molecule has 4 rings (SSSR count). The summed E-state index contributed by atoms with van der Waals surface area (Å²) < 4.78 is 5.80. The van der Waals surface area contributed by atoms with E-state index in [4.69, 9.17) is 17.0 Å². The number of hydrogen-bond acceptors (Lipinski definition) is 8. The summed E-state index contributed by atoms with van der Waals surface area (Å²) in [5.74, 6) is -0.182. The maximum Gasteiger partial charge on any atom is 0.287 e. The number of rotatable bonds is 6. The molecule has 0 radical (unpaired) electrons. The number of hydrazine groups is 1. The lowest BCUT2D eigenvalue weighted by Gasteiger charge is -2.15. The van der Waals surface area contributed by atoms with Crippen LogP contribution < -0.4 is 10.2 Å². The molecule has 2 amide bonds. The van der Waals surface area contributed by atoms with E-state index in [1.54, 1.807) is 60.7 Å². The normalized spacial score (nSPS) is 14.4. The number of pyridine rings is 1. The Labute approximate surface area is 197 Å². The van der Waals surface area contributed by atoms with Gasteiger partial charge in [0.1, 0.15) is 11.9 Å². The Morgan fingerprint density at radius 2 is 1.85 bits per heavy atom. The van der Waals surface area contributed by atoms with Crippen LogP contribution in [-0.4, -0.2) is 31.1 Å². The van der Waals surface area contributed by atoms with Gasteiger partial charge in [-0.05, 0) is 48.1 Å². The zero-order chi connectivity index (χ0) is 23.4. The third kappa shape index (κ3) is 5.22. The molecule has 164 valence electrons. The first-order valence-corrected chi connectivity index (χ1v) is 10.7. The quantitative estimate of drug-likeness (QED) is 0.241. The van der Waals surface area contributed by atoms with E-state index < -0.39 is 16.7 Å². The molecule has 0 atom stereocenters. The minimum Gasteiger partial charge on any atom is -0.439 e. The number of aromatic nitrogens is 1. The van der Waals surface area contributed by atoms with Crippen LogP contribution in [0.3, 0.4) is 0 Å². The van der Waals surface area contributed by atoms with Crippen LogP contribution in [0.5, 0.6) is 11.6 Å². The van der Waals surface area contributed by atoms with Crippen molar-refractivity contribution in [2.24, 2.45) is 0 Å². The van der Waals surface area contributed by atoms with Gasteiger partial charge in [-0.2, -0.15) is 5.01 Å². The fraction of sp³-hybridized carbons (Fsp3) is 0. The summed E-state index contributed by atoms with van der Waals surface area (Å²) in [6.45, 7) is 0. The summed E-state index contributed by atoms with van der Waals surface area (Å²) in [6, 6.07) is 18.0. The Hall–Kier alpha value is -4.09. The molecule has 0 spiro atoms. The predicted molar refractivity (Wildman–Crippen MR) is 126 cm³/mol. The molecule has 1 aliphatic heterocycles. The molecule has 1 aromatic heterocycles. The first-order valence-electron chi connectivity index (χ1n) is 9.43. The number of amides is 2. The van der Waals surface area contributed by atoms with Crippen molar-refractivity contribution in [2.45, 2.75) is 0 Å². The van der Waals surface area contributed by atoms with Gasteiger partial charge < -0.3 is 4.74 Å². The summed E-state index contributed by atoms with van der Waals surface area (Å²) in [6.07, 6.45) is 2.77. The summed E-state index contributed by atoms with van der Waals surface area (Å²) >= 11 is 6.32. The molecule has 1 N–H and O–H groups in total. The molecule has 9 nitrogen and oxygen atoms in total. The van der Waals surface area contributed by atoms with Gasteiger partial charge in [0.15, 0.2) is 4.32 Å². The fourth-order valence-electron chi connectivity index (χ4n) is 2.76. The Morgan fingerprint density at radius 1 is 1.12 bits per heavy atom. The highest BCUT2D eigenvalue weighted by Gasteiger charge is 2.33. The van der Waals surface area contributed by atoms with Crippen molar-refractivity contribution in [1.29, 1.82) is 0 Å². The van der Waals surface area contributed by atoms with E-state index in [-0.39, 0.29) is 15.9 Å². The van der Waals surface area contributed by atoms with Crippen LogP contribution in [0.4, 0.5) is 5.69 Å². The molecule has 2 aromatic carbocycles. The van der Waals surface area contributed by atoms with Gasteiger partial charge >= 0.3 is 0 Å². The number of thiocarbonyl (C=S) groups is 1. The van der Waals surface area contributed by atoms with Crippen molar-refractivity contribution in [3.8, 4) is 11.6 Å². The van der Waals surface area contributed by atoms with Crippen LogP contribution in [-0.2, 0) is 4.79 Å². The molecule has 0 unspecified atom stereocenters. The lowest BCUT2D eigenvalue weighted by molar-refractivity contribution is -0.385. The van der Waals surface area contributed by atoms with E-state index in [1.807, 2.05) is 0 Å². The third-order valence-corrected chi connectivity index (χ3v) is 5.68. The average molecular weight is 479 g/mol. The van der Waals surface area contributed by atoms with Gasteiger partial charge in [0.05, 0.1) is 9.83 Å². The Morgan fingerprint density at radius 3 is 2.48 bits per heavy atom. The van der Waals surface area contributed by atoms with Crippen molar-refractivity contribution in [3.63, 3.8) is 0 Å². The average Bonchev–Trinajstić information content (AvgIpc) is 3.08. The van der Waals surface area contributed by atoms with Gasteiger partial charge in [0.25, 0.3) is 17.5 Å². The van der Waals surface area contributed by atoms with Crippen LogP contribution in [0.15, 0.2) is 77.8 Å². The summed E-state index contributed by atoms with van der Waals surface area (Å²) in [5.41, 5.74) is 3.53. The zero-order valence-corrected chi connectivity index (χ0v) is 18.3. The number of nitrogens with one attached hydrogen (secondary N) is 1. The SMILES string of the molecule is O=C(NN1C(=O)/C(=C/c2ccc(Oc3ccc([N+](=O)[O-])cn3)cc2)SC1=S)c1ccccc1. The largest absolute Gasteiger partial charge is 0.439 e. The van der Waals surface area contributed by atoms with Crippen molar-refractivity contribution in [3.05, 3.63) is 99.1 Å². The summed E-state index contributed by atoms with van der Waals surface area (Å²) in [5, 5.41) is 11.7. The van der Waals surface area contributed by atoms with Gasteiger partial charge in [0.2, 0.25) is 5.88 Å². The van der Waals surface area contributed by atoms with E-state index in [1.165, 1.54) is 12.1 Å². The van der Waals surface area contributed by atoms with Crippen LogP contribution in [0.25, 0.3) is 6.08 Å². The molecule has 1 fully saturated rings. The first kappa shape index (κ1) is 22.1. The molecular formula is C22H14N4O5S2. The van der Waals surface area contributed by atoms with E-state index in [0.717, 1.165) is 23.0 Å². The molecular weight excluding hydrogens is 464 g/mol. The molecule has 3 aromatic rings. The second-order valence-electron chi connectivity index (χ2n) is 6.61. The zero-order valence-electron chi connectivity index (χ0n) is 16.7. The standard InChI is InChI=1S/C22H14N4O5S2/c27-20(15-4-2-1-3-5-15)24-25-21(28)18(33-22(25)32)12-14-6-9-17(10-7-14)31-19-11-8-16(13-23-19)26(29)30/h1-13H,(H,24,27)/b18-12-. The van der Waals surface area contributed by atoms with Crippen molar-refractivity contribution in [1.82, 2.24) is 15.4 Å². The van der Waals surface area contributed by atoms with Crippen molar-refractivity contribution in [2.75, 3.05) is 0 Å². The number of benzene rings is 2. The Kier molecular flexibility index (Phi) is 6.43.